The highest BCUT2D eigenvalue weighted by atomic mass is 31.2. The van der Waals surface area contributed by atoms with E-state index in [9.17, 15) is 38.1 Å². The van der Waals surface area contributed by atoms with Crippen molar-refractivity contribution in [1.29, 1.82) is 0 Å². The van der Waals surface area contributed by atoms with Crippen molar-refractivity contribution in [1.82, 2.24) is 25.5 Å². The highest BCUT2D eigenvalue weighted by Gasteiger charge is 2.39. The van der Waals surface area contributed by atoms with E-state index in [1.165, 1.54) is 20.0 Å². The second-order valence-electron chi connectivity index (χ2n) is 9.38. The van der Waals surface area contributed by atoms with Crippen LogP contribution in [0.5, 0.6) is 0 Å². The van der Waals surface area contributed by atoms with Crippen molar-refractivity contribution in [2.24, 2.45) is 0 Å². The average Bonchev–Trinajstić information content (AvgIpc) is 3.36. The summed E-state index contributed by atoms with van der Waals surface area (Å²) in [5, 5.41) is 6.78. The fraction of sp³-hybridized carbons (Fsp3) is 0.609. The van der Waals surface area contributed by atoms with Gasteiger partial charge in [0, 0.05) is 24.6 Å². The van der Waals surface area contributed by atoms with Crippen LogP contribution in [-0.4, -0.2) is 101 Å². The standard InChI is InChI=1S/C23H34N5O15P/c1-12-8-28(23(35)27-20(12)32)18-6-15(16(43-18)9-42-44(36,37)38)40-11-41-19(31)5-4-14(26-17(30)7-24-10-29)21(33)25-13(2)22(34)39-3/h8,10,13-16,18H,4-7,9,11H2,1-3H3,(H,24,29)(H,25,33)(H,26,30)(H,27,32,35)(H2,36,37,38)/t13-,14-,15-,16+,18+/m0/s1. The number of carbonyl (C=O) groups excluding carboxylic acids is 5. The number of nitrogens with zero attached hydrogens (tertiary/aromatic N) is 1. The Labute approximate surface area is 248 Å². The van der Waals surface area contributed by atoms with Crippen molar-refractivity contribution in [2.45, 2.75) is 63.6 Å². The molecule has 2 rings (SSSR count). The van der Waals surface area contributed by atoms with Gasteiger partial charge in [-0.15, -0.1) is 0 Å². The molecule has 0 radical (unpaired) electrons. The molecule has 1 aromatic heterocycles. The lowest BCUT2D eigenvalue weighted by atomic mass is 10.1. The molecule has 0 aliphatic carbocycles. The summed E-state index contributed by atoms with van der Waals surface area (Å²) in [5.74, 6) is -3.21. The van der Waals surface area contributed by atoms with Crippen LogP contribution in [0.25, 0.3) is 0 Å². The van der Waals surface area contributed by atoms with Gasteiger partial charge in [0.15, 0.2) is 6.79 Å². The molecule has 1 fully saturated rings. The van der Waals surface area contributed by atoms with Crippen LogP contribution in [0.4, 0.5) is 0 Å². The molecule has 5 atom stereocenters. The molecule has 1 aliphatic rings. The van der Waals surface area contributed by atoms with E-state index in [-0.39, 0.29) is 24.8 Å². The second-order valence-corrected chi connectivity index (χ2v) is 10.6. The number of amides is 3. The zero-order chi connectivity index (χ0) is 33.0. The third kappa shape index (κ3) is 11.6. The molecule has 0 unspecified atom stereocenters. The third-order valence-corrected chi connectivity index (χ3v) is 6.58. The van der Waals surface area contributed by atoms with Crippen molar-refractivity contribution in [3.8, 4) is 0 Å². The van der Waals surface area contributed by atoms with E-state index < -0.39 is 99.7 Å². The molecule has 2 heterocycles. The Hall–Kier alpha value is -3.94. The Morgan fingerprint density at radius 1 is 1.25 bits per heavy atom. The van der Waals surface area contributed by atoms with Crippen molar-refractivity contribution in [2.75, 3.05) is 27.1 Å². The maximum absolute atomic E-state index is 12.6. The number of aromatic nitrogens is 2. The zero-order valence-corrected chi connectivity index (χ0v) is 24.8. The number of ether oxygens (including phenoxy) is 4. The number of rotatable bonds is 17. The van der Waals surface area contributed by atoms with Crippen LogP contribution in [-0.2, 0) is 52.0 Å². The number of H-pyrrole nitrogens is 1. The largest absolute Gasteiger partial charge is 0.469 e. The first-order valence-electron chi connectivity index (χ1n) is 12.9. The Kier molecular flexibility index (Phi) is 13.8. The van der Waals surface area contributed by atoms with E-state index in [0.29, 0.717) is 0 Å². The smallest absolute Gasteiger partial charge is 0.467 e. The van der Waals surface area contributed by atoms with Gasteiger partial charge in [-0.05, 0) is 20.3 Å². The van der Waals surface area contributed by atoms with Crippen molar-refractivity contribution >= 4 is 38.0 Å². The van der Waals surface area contributed by atoms with Crippen molar-refractivity contribution < 1.29 is 61.8 Å². The SMILES string of the molecule is COC(=O)[C@H](C)NC(=O)[C@H](CCC(=O)OCO[C@H]1C[C@H](n2cc(C)c(=O)[nH]c2=O)O[C@@H]1COP(=O)(O)O)NC(=O)CNC=O. The van der Waals surface area contributed by atoms with Gasteiger partial charge in [0.1, 0.15) is 24.4 Å². The lowest BCUT2D eigenvalue weighted by Gasteiger charge is -2.21. The first kappa shape index (κ1) is 36.3. The summed E-state index contributed by atoms with van der Waals surface area (Å²) in [5.41, 5.74) is -1.22. The first-order chi connectivity index (χ1) is 20.6. The zero-order valence-electron chi connectivity index (χ0n) is 23.9. The van der Waals surface area contributed by atoms with Crippen molar-refractivity contribution in [3.63, 3.8) is 0 Å². The summed E-state index contributed by atoms with van der Waals surface area (Å²) in [6.45, 7) is 0.993. The molecule has 21 heteroatoms. The maximum Gasteiger partial charge on any atom is 0.469 e. The topological polar surface area (TPSA) is 280 Å². The van der Waals surface area contributed by atoms with E-state index in [0.717, 1.165) is 11.7 Å². The lowest BCUT2D eigenvalue weighted by Crippen LogP contribution is -2.52. The summed E-state index contributed by atoms with van der Waals surface area (Å²) in [4.78, 5) is 103. The fourth-order valence-electron chi connectivity index (χ4n) is 3.89. The predicted octanol–water partition coefficient (Wildman–Crippen LogP) is -3.18. The monoisotopic (exact) mass is 651 g/mol. The van der Waals surface area contributed by atoms with Crippen LogP contribution in [0.2, 0.25) is 0 Å². The Morgan fingerprint density at radius 2 is 1.95 bits per heavy atom. The van der Waals surface area contributed by atoms with Gasteiger partial charge in [-0.1, -0.05) is 0 Å². The van der Waals surface area contributed by atoms with E-state index in [1.54, 1.807) is 0 Å². The molecule has 1 aromatic rings. The fourth-order valence-corrected chi connectivity index (χ4v) is 4.23. The number of aromatic amines is 1. The summed E-state index contributed by atoms with van der Waals surface area (Å²) < 4.78 is 37.5. The van der Waals surface area contributed by atoms with Gasteiger partial charge in [0.25, 0.3) is 5.56 Å². The number of aryl methyl sites for hydroxylation is 1. The summed E-state index contributed by atoms with van der Waals surface area (Å²) in [7, 11) is -3.79. The molecule has 0 saturated carbocycles. The average molecular weight is 652 g/mol. The van der Waals surface area contributed by atoms with E-state index in [4.69, 9.17) is 24.0 Å². The second kappa shape index (κ2) is 16.8. The molecule has 246 valence electrons. The van der Waals surface area contributed by atoms with E-state index in [2.05, 4.69) is 30.2 Å². The van der Waals surface area contributed by atoms with Crippen LogP contribution >= 0.6 is 7.82 Å². The Bertz CT molecular complexity index is 1360. The normalized spacial score (nSPS) is 19.3. The third-order valence-electron chi connectivity index (χ3n) is 6.09. The number of phosphoric acid groups is 1. The Morgan fingerprint density at radius 3 is 2.59 bits per heavy atom. The minimum atomic E-state index is -4.91. The predicted molar refractivity (Wildman–Crippen MR) is 143 cm³/mol. The molecule has 0 spiro atoms. The van der Waals surface area contributed by atoms with Crippen LogP contribution < -0.4 is 27.2 Å². The van der Waals surface area contributed by atoms with Gasteiger partial charge in [-0.2, -0.15) is 0 Å². The molecule has 6 N–H and O–H groups in total. The molecule has 20 nitrogen and oxygen atoms in total. The number of hydrogen-bond acceptors (Lipinski definition) is 13. The Balaban J connectivity index is 2.01. The maximum atomic E-state index is 12.6. The number of carbonyl (C=O) groups is 5. The molecule has 0 bridgehead atoms. The first-order valence-corrected chi connectivity index (χ1v) is 14.5. The van der Waals surface area contributed by atoms with Gasteiger partial charge >= 0.3 is 25.5 Å². The molecular formula is C23H34N5O15P. The van der Waals surface area contributed by atoms with Crippen LogP contribution in [0.1, 0.15) is 38.0 Å². The van der Waals surface area contributed by atoms with Gasteiger partial charge in [0.2, 0.25) is 18.2 Å². The number of nitrogens with one attached hydrogen (secondary N) is 4. The van der Waals surface area contributed by atoms with E-state index in [1.807, 2.05) is 0 Å². The van der Waals surface area contributed by atoms with Gasteiger partial charge < -0.3 is 44.7 Å². The highest BCUT2D eigenvalue weighted by molar-refractivity contribution is 7.46. The molecule has 1 aliphatic heterocycles. The number of hydrogen-bond donors (Lipinski definition) is 6. The quantitative estimate of drug-likeness (QED) is 0.0419. The number of phosphoric ester groups is 1. The molecule has 0 aromatic carbocycles. The summed E-state index contributed by atoms with van der Waals surface area (Å²) in [6.07, 6.45) is -2.43. The van der Waals surface area contributed by atoms with Gasteiger partial charge in [0.05, 0.1) is 26.4 Å². The lowest BCUT2D eigenvalue weighted by molar-refractivity contribution is -0.164. The minimum absolute atomic E-state index is 0.0698. The van der Waals surface area contributed by atoms with Crippen LogP contribution in [0, 0.1) is 6.92 Å². The van der Waals surface area contributed by atoms with Crippen molar-refractivity contribution in [3.05, 3.63) is 32.6 Å². The van der Waals surface area contributed by atoms with Gasteiger partial charge in [-0.25, -0.2) is 14.2 Å². The molecular weight excluding hydrogens is 617 g/mol. The molecule has 44 heavy (non-hydrogen) atoms. The van der Waals surface area contributed by atoms with Gasteiger partial charge in [-0.3, -0.25) is 38.0 Å². The van der Waals surface area contributed by atoms with E-state index >= 15 is 0 Å². The molecule has 1 saturated heterocycles. The van der Waals surface area contributed by atoms with Crippen LogP contribution in [0.15, 0.2) is 15.8 Å². The van der Waals surface area contributed by atoms with Crippen LogP contribution in [0.3, 0.4) is 0 Å². The number of esters is 2. The highest BCUT2D eigenvalue weighted by Crippen LogP contribution is 2.38. The minimum Gasteiger partial charge on any atom is -0.467 e. The number of methoxy groups -OCH3 is 1. The molecule has 3 amide bonds. The summed E-state index contributed by atoms with van der Waals surface area (Å²) >= 11 is 0. The summed E-state index contributed by atoms with van der Waals surface area (Å²) in [6, 6.07) is -2.38.